The summed E-state index contributed by atoms with van der Waals surface area (Å²) in [5.41, 5.74) is 0.861. The number of likely N-dealkylation sites (tertiary alicyclic amines) is 1. The molecule has 0 saturated carbocycles. The molecule has 114 valence electrons. The van der Waals surface area contributed by atoms with Crippen LogP contribution < -0.4 is 4.74 Å². The van der Waals surface area contributed by atoms with Crippen LogP contribution >= 0.6 is 0 Å². The second-order valence-electron chi connectivity index (χ2n) is 6.95. The maximum Gasteiger partial charge on any atom is 0.410 e. The van der Waals surface area contributed by atoms with Gasteiger partial charge in [-0.05, 0) is 45.2 Å². The number of rotatable bonds is 1. The Morgan fingerprint density at radius 2 is 2.00 bits per heavy atom. The number of benzene rings is 1. The summed E-state index contributed by atoms with van der Waals surface area (Å²) >= 11 is 0. The lowest BCUT2D eigenvalue weighted by molar-refractivity contribution is -0.0285. The van der Waals surface area contributed by atoms with Crippen LogP contribution in [-0.4, -0.2) is 35.8 Å². The van der Waals surface area contributed by atoms with Crippen molar-refractivity contribution in [2.75, 3.05) is 13.1 Å². The van der Waals surface area contributed by atoms with Gasteiger partial charge in [-0.3, -0.25) is 0 Å². The molecule has 0 N–H and O–H groups in total. The fourth-order valence-corrected chi connectivity index (χ4v) is 2.90. The van der Waals surface area contributed by atoms with E-state index in [0.29, 0.717) is 5.92 Å². The molecular formula is C17H23NO3. The molecule has 21 heavy (non-hydrogen) atoms. The maximum absolute atomic E-state index is 11.9. The Balaban J connectivity index is 1.52. The number of hydrogen-bond donors (Lipinski definition) is 0. The van der Waals surface area contributed by atoms with Gasteiger partial charge in [-0.2, -0.15) is 0 Å². The summed E-state index contributed by atoms with van der Waals surface area (Å²) in [6.45, 7) is 7.15. The second kappa shape index (κ2) is 5.24. The molecule has 0 spiro atoms. The minimum absolute atomic E-state index is 0.213. The lowest BCUT2D eigenvalue weighted by Gasteiger charge is -2.44. The average molecular weight is 289 g/mol. The highest BCUT2D eigenvalue weighted by atomic mass is 16.6. The first kappa shape index (κ1) is 14.2. The van der Waals surface area contributed by atoms with Crippen molar-refractivity contribution in [1.29, 1.82) is 0 Å². The van der Waals surface area contributed by atoms with Crippen LogP contribution in [0, 0.1) is 5.92 Å². The third kappa shape index (κ3) is 3.14. The topological polar surface area (TPSA) is 38.8 Å². The quantitative estimate of drug-likeness (QED) is 0.796. The van der Waals surface area contributed by atoms with E-state index in [1.54, 1.807) is 4.90 Å². The SMILES string of the molecule is CC(C)(C)OC(=O)N1CC(C2CCc3ccccc3O2)C1. The number of nitrogens with zero attached hydrogens (tertiary/aromatic N) is 1. The van der Waals surface area contributed by atoms with E-state index in [0.717, 1.165) is 31.7 Å². The first-order chi connectivity index (χ1) is 9.92. The van der Waals surface area contributed by atoms with Crippen LogP contribution in [0.3, 0.4) is 0 Å². The standard InChI is InChI=1S/C17H23NO3/c1-17(2,3)21-16(19)18-10-13(11-18)15-9-8-12-6-4-5-7-14(12)20-15/h4-7,13,15H,8-11H2,1-3H3. The highest BCUT2D eigenvalue weighted by Gasteiger charge is 2.40. The zero-order valence-corrected chi connectivity index (χ0v) is 13.0. The van der Waals surface area contributed by atoms with E-state index in [1.807, 2.05) is 32.9 Å². The van der Waals surface area contributed by atoms with Crippen molar-refractivity contribution in [2.45, 2.75) is 45.3 Å². The van der Waals surface area contributed by atoms with Crippen LogP contribution in [0.2, 0.25) is 0 Å². The first-order valence-corrected chi connectivity index (χ1v) is 7.65. The lowest BCUT2D eigenvalue weighted by Crippen LogP contribution is -2.57. The Morgan fingerprint density at radius 3 is 2.71 bits per heavy atom. The normalized spacial score (nSPS) is 22.0. The van der Waals surface area contributed by atoms with Crippen LogP contribution in [0.15, 0.2) is 24.3 Å². The Labute approximate surface area is 126 Å². The zero-order valence-electron chi connectivity index (χ0n) is 13.0. The van der Waals surface area contributed by atoms with Gasteiger partial charge in [0.25, 0.3) is 0 Å². The van der Waals surface area contributed by atoms with E-state index in [9.17, 15) is 4.79 Å². The average Bonchev–Trinajstić information content (AvgIpc) is 2.34. The number of ether oxygens (including phenoxy) is 2. The number of amides is 1. The van der Waals surface area contributed by atoms with Crippen molar-refractivity contribution in [2.24, 2.45) is 5.92 Å². The summed E-state index contributed by atoms with van der Waals surface area (Å²) in [4.78, 5) is 13.7. The monoisotopic (exact) mass is 289 g/mol. The molecule has 1 unspecified atom stereocenters. The summed E-state index contributed by atoms with van der Waals surface area (Å²) in [5, 5.41) is 0. The van der Waals surface area contributed by atoms with Crippen molar-refractivity contribution in [1.82, 2.24) is 4.90 Å². The molecule has 2 aliphatic rings. The second-order valence-corrected chi connectivity index (χ2v) is 6.95. The largest absolute Gasteiger partial charge is 0.490 e. The molecule has 2 heterocycles. The van der Waals surface area contributed by atoms with E-state index < -0.39 is 5.60 Å². The molecule has 4 heteroatoms. The molecule has 0 aliphatic carbocycles. The number of fused-ring (bicyclic) bond motifs is 1. The molecule has 1 aromatic carbocycles. The van der Waals surface area contributed by atoms with Gasteiger partial charge < -0.3 is 14.4 Å². The highest BCUT2D eigenvalue weighted by Crippen LogP contribution is 2.33. The van der Waals surface area contributed by atoms with E-state index in [4.69, 9.17) is 9.47 Å². The van der Waals surface area contributed by atoms with Crippen molar-refractivity contribution < 1.29 is 14.3 Å². The van der Waals surface area contributed by atoms with Gasteiger partial charge >= 0.3 is 6.09 Å². The summed E-state index contributed by atoms with van der Waals surface area (Å²) in [6.07, 6.45) is 2.10. The van der Waals surface area contributed by atoms with Gasteiger partial charge in [0.15, 0.2) is 0 Å². The molecule has 1 atom stereocenters. The Bertz CT molecular complexity index is 529. The molecule has 1 fully saturated rings. The predicted octanol–water partition coefficient (Wildman–Crippen LogP) is 3.25. The Kier molecular flexibility index (Phi) is 3.56. The molecule has 0 aromatic heterocycles. The minimum Gasteiger partial charge on any atom is -0.490 e. The van der Waals surface area contributed by atoms with Crippen LogP contribution in [0.5, 0.6) is 5.75 Å². The van der Waals surface area contributed by atoms with Gasteiger partial charge in [-0.1, -0.05) is 18.2 Å². The molecule has 4 nitrogen and oxygen atoms in total. The van der Waals surface area contributed by atoms with Crippen molar-refractivity contribution >= 4 is 6.09 Å². The van der Waals surface area contributed by atoms with Crippen molar-refractivity contribution in [3.63, 3.8) is 0 Å². The first-order valence-electron chi connectivity index (χ1n) is 7.65. The molecule has 1 saturated heterocycles. The van der Waals surface area contributed by atoms with Crippen LogP contribution in [0.25, 0.3) is 0 Å². The Morgan fingerprint density at radius 1 is 1.29 bits per heavy atom. The summed E-state index contributed by atoms with van der Waals surface area (Å²) in [5.74, 6) is 1.43. The number of carbonyl (C=O) groups excluding carboxylic acids is 1. The van der Waals surface area contributed by atoms with E-state index >= 15 is 0 Å². The predicted molar refractivity (Wildman–Crippen MR) is 80.5 cm³/mol. The molecule has 0 radical (unpaired) electrons. The van der Waals surface area contributed by atoms with Crippen LogP contribution in [0.1, 0.15) is 32.8 Å². The lowest BCUT2D eigenvalue weighted by atomic mass is 9.88. The summed E-state index contributed by atoms with van der Waals surface area (Å²) in [6, 6.07) is 8.22. The van der Waals surface area contributed by atoms with E-state index in [2.05, 4.69) is 12.1 Å². The van der Waals surface area contributed by atoms with Gasteiger partial charge in [-0.25, -0.2) is 4.79 Å². The van der Waals surface area contributed by atoms with Crippen molar-refractivity contribution in [3.05, 3.63) is 29.8 Å². The van der Waals surface area contributed by atoms with Crippen LogP contribution in [-0.2, 0) is 11.2 Å². The maximum atomic E-state index is 11.9. The number of para-hydroxylation sites is 1. The fourth-order valence-electron chi connectivity index (χ4n) is 2.90. The third-order valence-electron chi connectivity index (χ3n) is 4.04. The van der Waals surface area contributed by atoms with Crippen LogP contribution in [0.4, 0.5) is 4.79 Å². The van der Waals surface area contributed by atoms with Crippen molar-refractivity contribution in [3.8, 4) is 5.75 Å². The fraction of sp³-hybridized carbons (Fsp3) is 0.588. The molecule has 1 amide bonds. The van der Waals surface area contributed by atoms with Gasteiger partial charge in [0, 0.05) is 19.0 Å². The molecule has 3 rings (SSSR count). The summed E-state index contributed by atoms with van der Waals surface area (Å²) < 4.78 is 11.5. The van der Waals surface area contributed by atoms with E-state index in [1.165, 1.54) is 5.56 Å². The zero-order chi connectivity index (χ0) is 15.0. The number of carbonyl (C=O) groups is 1. The number of hydrogen-bond acceptors (Lipinski definition) is 3. The molecule has 2 aliphatic heterocycles. The molecule has 0 bridgehead atoms. The van der Waals surface area contributed by atoms with E-state index in [-0.39, 0.29) is 12.2 Å². The molecular weight excluding hydrogens is 266 g/mol. The van der Waals surface area contributed by atoms with Gasteiger partial charge in [0.2, 0.25) is 0 Å². The number of aryl methyl sites for hydroxylation is 1. The summed E-state index contributed by atoms with van der Waals surface area (Å²) in [7, 11) is 0. The highest BCUT2D eigenvalue weighted by molar-refractivity contribution is 5.69. The molecule has 1 aromatic rings. The smallest absolute Gasteiger partial charge is 0.410 e. The minimum atomic E-state index is -0.428. The van der Waals surface area contributed by atoms with Gasteiger partial charge in [0.05, 0.1) is 0 Å². The van der Waals surface area contributed by atoms with Gasteiger partial charge in [0.1, 0.15) is 17.5 Å². The Hall–Kier alpha value is -1.71. The third-order valence-corrected chi connectivity index (χ3v) is 4.04. The van der Waals surface area contributed by atoms with Gasteiger partial charge in [-0.15, -0.1) is 0 Å².